The van der Waals surface area contributed by atoms with Crippen molar-refractivity contribution in [3.63, 3.8) is 0 Å². The summed E-state index contributed by atoms with van der Waals surface area (Å²) in [6.45, 7) is 4.95. The average molecular weight is 285 g/mol. The van der Waals surface area contributed by atoms with Crippen LogP contribution in [0.15, 0.2) is 48.7 Å². The van der Waals surface area contributed by atoms with E-state index in [9.17, 15) is 0 Å². The van der Waals surface area contributed by atoms with E-state index in [4.69, 9.17) is 18.0 Å². The zero-order valence-corrected chi connectivity index (χ0v) is 12.4. The van der Waals surface area contributed by atoms with Gasteiger partial charge in [-0.05, 0) is 29.8 Å². The molecule has 0 atom stereocenters. The first-order valence-electron chi connectivity index (χ1n) is 6.70. The third-order valence-corrected chi connectivity index (χ3v) is 3.39. The SMILES string of the molecule is CCN(Cc1ccccc1)Cc1ccnc(C(N)=S)c1. The molecule has 0 fully saturated rings. The molecule has 0 radical (unpaired) electrons. The van der Waals surface area contributed by atoms with Gasteiger partial charge in [0.25, 0.3) is 0 Å². The largest absolute Gasteiger partial charge is 0.388 e. The van der Waals surface area contributed by atoms with Crippen molar-refractivity contribution in [2.24, 2.45) is 5.73 Å². The highest BCUT2D eigenvalue weighted by molar-refractivity contribution is 7.80. The molecule has 1 aromatic carbocycles. The van der Waals surface area contributed by atoms with Crippen LogP contribution in [0.4, 0.5) is 0 Å². The molecule has 4 heteroatoms. The molecular weight excluding hydrogens is 266 g/mol. The van der Waals surface area contributed by atoms with Crippen molar-refractivity contribution in [3.05, 3.63) is 65.5 Å². The molecule has 0 aliphatic rings. The average Bonchev–Trinajstić information content (AvgIpc) is 2.48. The second kappa shape index (κ2) is 7.12. The number of aromatic nitrogens is 1. The Morgan fingerprint density at radius 2 is 1.85 bits per heavy atom. The van der Waals surface area contributed by atoms with Crippen molar-refractivity contribution in [1.29, 1.82) is 0 Å². The number of hydrogen-bond donors (Lipinski definition) is 1. The van der Waals surface area contributed by atoms with Crippen molar-refractivity contribution >= 4 is 17.2 Å². The van der Waals surface area contributed by atoms with E-state index in [0.29, 0.717) is 10.7 Å². The van der Waals surface area contributed by atoms with E-state index < -0.39 is 0 Å². The standard InChI is InChI=1S/C16H19N3S/c1-2-19(11-13-6-4-3-5-7-13)12-14-8-9-18-15(10-14)16(17)20/h3-10H,2,11-12H2,1H3,(H2,17,20). The van der Waals surface area contributed by atoms with Gasteiger partial charge in [-0.3, -0.25) is 9.88 Å². The Hall–Kier alpha value is -1.78. The lowest BCUT2D eigenvalue weighted by atomic mass is 10.1. The maximum Gasteiger partial charge on any atom is 0.122 e. The minimum Gasteiger partial charge on any atom is -0.388 e. The fraction of sp³-hybridized carbons (Fsp3) is 0.250. The monoisotopic (exact) mass is 285 g/mol. The van der Waals surface area contributed by atoms with Crippen LogP contribution in [0.1, 0.15) is 23.7 Å². The Morgan fingerprint density at radius 1 is 1.15 bits per heavy atom. The van der Waals surface area contributed by atoms with Crippen LogP contribution in [0, 0.1) is 0 Å². The normalized spacial score (nSPS) is 10.7. The topological polar surface area (TPSA) is 42.2 Å². The van der Waals surface area contributed by atoms with Crippen LogP contribution in [-0.4, -0.2) is 21.4 Å². The quantitative estimate of drug-likeness (QED) is 0.829. The van der Waals surface area contributed by atoms with Crippen LogP contribution >= 0.6 is 12.2 Å². The molecule has 0 saturated carbocycles. The van der Waals surface area contributed by atoms with Crippen molar-refractivity contribution in [2.45, 2.75) is 20.0 Å². The lowest BCUT2D eigenvalue weighted by Crippen LogP contribution is -2.22. The second-order valence-corrected chi connectivity index (χ2v) is 5.14. The predicted molar refractivity (Wildman–Crippen MR) is 86.4 cm³/mol. The van der Waals surface area contributed by atoms with Gasteiger partial charge in [-0.2, -0.15) is 0 Å². The zero-order valence-electron chi connectivity index (χ0n) is 11.6. The highest BCUT2D eigenvalue weighted by Gasteiger charge is 2.06. The van der Waals surface area contributed by atoms with Gasteiger partial charge in [-0.15, -0.1) is 0 Å². The number of nitrogens with zero attached hydrogens (tertiary/aromatic N) is 2. The van der Waals surface area contributed by atoms with E-state index in [1.54, 1.807) is 6.20 Å². The smallest absolute Gasteiger partial charge is 0.122 e. The summed E-state index contributed by atoms with van der Waals surface area (Å²) in [4.78, 5) is 6.89. The summed E-state index contributed by atoms with van der Waals surface area (Å²) in [5, 5.41) is 0. The molecule has 2 N–H and O–H groups in total. The van der Waals surface area contributed by atoms with Crippen molar-refractivity contribution in [1.82, 2.24) is 9.88 Å². The number of hydrogen-bond acceptors (Lipinski definition) is 3. The Kier molecular flexibility index (Phi) is 5.21. The first-order chi connectivity index (χ1) is 9.69. The molecule has 2 aromatic rings. The molecule has 0 unspecified atom stereocenters. The number of benzene rings is 1. The summed E-state index contributed by atoms with van der Waals surface area (Å²) in [6, 6.07) is 14.5. The van der Waals surface area contributed by atoms with Crippen molar-refractivity contribution in [3.8, 4) is 0 Å². The summed E-state index contributed by atoms with van der Waals surface area (Å²) in [7, 11) is 0. The number of pyridine rings is 1. The summed E-state index contributed by atoms with van der Waals surface area (Å²) in [6.07, 6.45) is 1.76. The first kappa shape index (κ1) is 14.6. The van der Waals surface area contributed by atoms with Crippen molar-refractivity contribution < 1.29 is 0 Å². The molecule has 1 aromatic heterocycles. The summed E-state index contributed by atoms with van der Waals surface area (Å²) in [5.41, 5.74) is 8.81. The molecule has 0 amide bonds. The molecule has 0 aliphatic carbocycles. The van der Waals surface area contributed by atoms with E-state index in [2.05, 4.69) is 41.1 Å². The predicted octanol–water partition coefficient (Wildman–Crippen LogP) is 2.74. The molecule has 0 aliphatic heterocycles. The van der Waals surface area contributed by atoms with Crippen LogP contribution < -0.4 is 5.73 Å². The molecule has 1 heterocycles. The minimum atomic E-state index is 0.345. The Bertz CT molecular complexity index is 569. The molecule has 0 spiro atoms. The molecule has 2 rings (SSSR count). The van der Waals surface area contributed by atoms with E-state index in [-0.39, 0.29) is 0 Å². The third-order valence-electron chi connectivity index (χ3n) is 3.18. The van der Waals surface area contributed by atoms with Crippen molar-refractivity contribution in [2.75, 3.05) is 6.54 Å². The zero-order chi connectivity index (χ0) is 14.4. The van der Waals surface area contributed by atoms with Crippen LogP contribution in [-0.2, 0) is 13.1 Å². The fourth-order valence-corrected chi connectivity index (χ4v) is 2.20. The number of rotatable bonds is 6. The van der Waals surface area contributed by atoms with Gasteiger partial charge in [0.2, 0.25) is 0 Å². The van der Waals surface area contributed by atoms with Gasteiger partial charge in [0.1, 0.15) is 4.99 Å². The lowest BCUT2D eigenvalue weighted by molar-refractivity contribution is 0.271. The summed E-state index contributed by atoms with van der Waals surface area (Å²) in [5.74, 6) is 0. The van der Waals surface area contributed by atoms with Gasteiger partial charge in [0.15, 0.2) is 0 Å². The Morgan fingerprint density at radius 3 is 2.50 bits per heavy atom. The van der Waals surface area contributed by atoms with Crippen LogP contribution in [0.25, 0.3) is 0 Å². The summed E-state index contributed by atoms with van der Waals surface area (Å²) < 4.78 is 0. The Balaban J connectivity index is 2.06. The number of nitrogens with two attached hydrogens (primary N) is 1. The fourth-order valence-electron chi connectivity index (χ4n) is 2.09. The van der Waals surface area contributed by atoms with E-state index in [0.717, 1.165) is 19.6 Å². The maximum atomic E-state index is 5.62. The van der Waals surface area contributed by atoms with Gasteiger partial charge in [-0.25, -0.2) is 0 Å². The molecule has 104 valence electrons. The molecule has 0 saturated heterocycles. The highest BCUT2D eigenvalue weighted by Crippen LogP contribution is 2.10. The molecular formula is C16H19N3S. The van der Waals surface area contributed by atoms with Crippen LogP contribution in [0.2, 0.25) is 0 Å². The number of thiocarbonyl (C=S) groups is 1. The summed E-state index contributed by atoms with van der Waals surface area (Å²) >= 11 is 4.97. The van der Waals surface area contributed by atoms with E-state index in [1.807, 2.05) is 18.2 Å². The second-order valence-electron chi connectivity index (χ2n) is 4.70. The molecule has 3 nitrogen and oxygen atoms in total. The lowest BCUT2D eigenvalue weighted by Gasteiger charge is -2.20. The van der Waals surface area contributed by atoms with E-state index >= 15 is 0 Å². The minimum absolute atomic E-state index is 0.345. The Labute approximate surface area is 125 Å². The third kappa shape index (κ3) is 4.11. The maximum absolute atomic E-state index is 5.62. The van der Waals surface area contributed by atoms with Gasteiger partial charge in [-0.1, -0.05) is 49.5 Å². The van der Waals surface area contributed by atoms with Gasteiger partial charge >= 0.3 is 0 Å². The van der Waals surface area contributed by atoms with Gasteiger partial charge in [0.05, 0.1) is 5.69 Å². The van der Waals surface area contributed by atoms with Crippen LogP contribution in [0.3, 0.4) is 0 Å². The molecule has 0 bridgehead atoms. The molecule has 20 heavy (non-hydrogen) atoms. The van der Waals surface area contributed by atoms with Gasteiger partial charge < -0.3 is 5.73 Å². The first-order valence-corrected chi connectivity index (χ1v) is 7.11. The van der Waals surface area contributed by atoms with E-state index in [1.165, 1.54) is 11.1 Å². The van der Waals surface area contributed by atoms with Gasteiger partial charge in [0, 0.05) is 19.3 Å². The highest BCUT2D eigenvalue weighted by atomic mass is 32.1. The van der Waals surface area contributed by atoms with Crippen LogP contribution in [0.5, 0.6) is 0 Å².